The normalized spacial score (nSPS) is 18.0. The average Bonchev–Trinajstić information content (AvgIpc) is 3.59. The lowest BCUT2D eigenvalue weighted by Gasteiger charge is -2.27. The summed E-state index contributed by atoms with van der Waals surface area (Å²) >= 11 is 1.49. The fourth-order valence-electron chi connectivity index (χ4n) is 4.57. The van der Waals surface area contributed by atoms with Gasteiger partial charge in [0.2, 0.25) is 0 Å². The molecule has 2 aromatic carbocycles. The van der Waals surface area contributed by atoms with E-state index in [2.05, 4.69) is 86.0 Å². The van der Waals surface area contributed by atoms with Gasteiger partial charge in [-0.2, -0.15) is 0 Å². The number of anilines is 1. The Morgan fingerprint density at radius 2 is 1.70 bits per heavy atom. The van der Waals surface area contributed by atoms with Gasteiger partial charge in [-0.15, -0.1) is 11.3 Å². The number of nitrogens with one attached hydrogen (secondary N) is 2. The van der Waals surface area contributed by atoms with Crippen molar-refractivity contribution in [2.24, 2.45) is 0 Å². The van der Waals surface area contributed by atoms with Crippen molar-refractivity contribution < 1.29 is 4.79 Å². The summed E-state index contributed by atoms with van der Waals surface area (Å²) in [5.74, 6) is 0.510. The molecule has 3 heterocycles. The molecule has 0 unspecified atom stereocenters. The summed E-state index contributed by atoms with van der Waals surface area (Å²) in [6, 6.07) is 21.2. The van der Waals surface area contributed by atoms with Gasteiger partial charge in [0, 0.05) is 17.0 Å². The Morgan fingerprint density at radius 3 is 2.36 bits per heavy atom. The third-order valence-electron chi connectivity index (χ3n) is 6.64. The second-order valence-electron chi connectivity index (χ2n) is 10.1. The van der Waals surface area contributed by atoms with Crippen LogP contribution in [0.25, 0.3) is 21.3 Å². The predicted molar refractivity (Wildman–Crippen MR) is 136 cm³/mol. The summed E-state index contributed by atoms with van der Waals surface area (Å²) in [7, 11) is 0. The van der Waals surface area contributed by atoms with Gasteiger partial charge in [-0.25, -0.2) is 4.98 Å². The maximum absolute atomic E-state index is 13.2. The number of thiophene rings is 1. The van der Waals surface area contributed by atoms with Crippen LogP contribution in [0.3, 0.4) is 0 Å². The van der Waals surface area contributed by atoms with Crippen molar-refractivity contribution in [3.8, 4) is 11.1 Å². The summed E-state index contributed by atoms with van der Waals surface area (Å²) in [6.07, 6.45) is 2.12. The lowest BCUT2D eigenvalue weighted by molar-refractivity contribution is 0.0940. The fraction of sp³-hybridized carbons (Fsp3) is 0.286. The van der Waals surface area contributed by atoms with Crippen molar-refractivity contribution in [2.75, 3.05) is 5.32 Å². The summed E-state index contributed by atoms with van der Waals surface area (Å²) in [4.78, 5) is 19.8. The van der Waals surface area contributed by atoms with E-state index < -0.39 is 0 Å². The molecular formula is C28H27N3OS. The zero-order chi connectivity index (χ0) is 22.7. The van der Waals surface area contributed by atoms with Crippen molar-refractivity contribution in [1.29, 1.82) is 0 Å². The highest BCUT2D eigenvalue weighted by Gasteiger charge is 2.32. The molecule has 166 valence electrons. The van der Waals surface area contributed by atoms with E-state index in [0.29, 0.717) is 10.8 Å². The molecule has 0 radical (unpaired) electrons. The molecule has 2 N–H and O–H groups in total. The number of benzene rings is 2. The van der Waals surface area contributed by atoms with Gasteiger partial charge >= 0.3 is 0 Å². The zero-order valence-electron chi connectivity index (χ0n) is 19.1. The van der Waals surface area contributed by atoms with Crippen LogP contribution in [0.5, 0.6) is 0 Å². The van der Waals surface area contributed by atoms with Crippen LogP contribution in [-0.4, -0.2) is 10.9 Å². The Kier molecular flexibility index (Phi) is 4.59. The molecule has 0 saturated heterocycles. The quantitative estimate of drug-likeness (QED) is 0.351. The van der Waals surface area contributed by atoms with Crippen LogP contribution in [0.2, 0.25) is 0 Å². The number of fused-ring (bicyclic) bond motifs is 3. The third-order valence-corrected chi connectivity index (χ3v) is 7.73. The zero-order valence-corrected chi connectivity index (χ0v) is 19.9. The molecule has 1 fully saturated rings. The van der Waals surface area contributed by atoms with Gasteiger partial charge in [0.15, 0.2) is 0 Å². The second kappa shape index (κ2) is 7.42. The number of hydrogen-bond acceptors (Lipinski definition) is 4. The van der Waals surface area contributed by atoms with Crippen molar-refractivity contribution in [2.45, 2.75) is 51.1 Å². The number of carbonyl (C=O) groups is 1. The molecule has 1 aliphatic heterocycles. The molecule has 2 aliphatic rings. The van der Waals surface area contributed by atoms with Crippen molar-refractivity contribution >= 4 is 33.1 Å². The SMILES string of the molecule is CC(C)(C)c1ccc([C@@H]2NC(=O)c3sc4nc(C5CC5)cc(-c5ccccc5)c4c3N2)cc1. The highest BCUT2D eigenvalue weighted by atomic mass is 32.1. The van der Waals surface area contributed by atoms with Crippen LogP contribution in [0, 0.1) is 0 Å². The molecule has 1 atom stereocenters. The molecule has 5 heteroatoms. The first-order valence-corrected chi connectivity index (χ1v) is 12.4. The highest BCUT2D eigenvalue weighted by molar-refractivity contribution is 7.21. The molecule has 1 amide bonds. The Bertz CT molecular complexity index is 1360. The minimum absolute atomic E-state index is 0.0383. The minimum Gasteiger partial charge on any atom is -0.360 e. The van der Waals surface area contributed by atoms with Gasteiger partial charge in [-0.05, 0) is 46.6 Å². The molecule has 0 bridgehead atoms. The number of aromatic nitrogens is 1. The number of hydrogen-bond donors (Lipinski definition) is 2. The Morgan fingerprint density at radius 1 is 0.970 bits per heavy atom. The molecule has 4 aromatic rings. The lowest BCUT2D eigenvalue weighted by atomic mass is 9.86. The van der Waals surface area contributed by atoms with E-state index in [1.807, 2.05) is 6.07 Å². The average molecular weight is 454 g/mol. The van der Waals surface area contributed by atoms with Gasteiger partial charge in [0.25, 0.3) is 5.91 Å². The van der Waals surface area contributed by atoms with Crippen molar-refractivity contribution in [3.63, 3.8) is 0 Å². The van der Waals surface area contributed by atoms with Gasteiger partial charge in [0.1, 0.15) is 15.9 Å². The molecular weight excluding hydrogens is 426 g/mol. The van der Waals surface area contributed by atoms with Gasteiger partial charge in [0.05, 0.1) is 5.69 Å². The number of pyridine rings is 1. The van der Waals surface area contributed by atoms with E-state index in [-0.39, 0.29) is 17.5 Å². The first-order chi connectivity index (χ1) is 15.9. The molecule has 2 aromatic heterocycles. The van der Waals surface area contributed by atoms with Crippen molar-refractivity contribution in [1.82, 2.24) is 10.3 Å². The Balaban J connectivity index is 1.47. The topological polar surface area (TPSA) is 54.0 Å². The van der Waals surface area contributed by atoms with E-state index in [4.69, 9.17) is 4.98 Å². The monoisotopic (exact) mass is 453 g/mol. The molecule has 33 heavy (non-hydrogen) atoms. The van der Waals surface area contributed by atoms with Crippen LogP contribution >= 0.6 is 11.3 Å². The molecule has 1 aliphatic carbocycles. The van der Waals surface area contributed by atoms with Crippen LogP contribution < -0.4 is 10.6 Å². The van der Waals surface area contributed by atoms with E-state index in [9.17, 15) is 4.79 Å². The standard InChI is InChI=1S/C28H27N3OS/c1-28(2,3)19-13-11-18(12-14-19)25-30-23-22-20(16-7-5-4-6-8-16)15-21(17-9-10-17)29-27(22)33-24(23)26(32)31-25/h4-8,11-15,17,25,30H,9-10H2,1-3H3,(H,31,32)/t25-/m0/s1. The molecule has 1 saturated carbocycles. The number of rotatable bonds is 3. The summed E-state index contributed by atoms with van der Waals surface area (Å²) in [5, 5.41) is 7.84. The first kappa shape index (κ1) is 20.4. The molecule has 4 nitrogen and oxygen atoms in total. The largest absolute Gasteiger partial charge is 0.360 e. The highest BCUT2D eigenvalue weighted by Crippen LogP contribution is 2.47. The number of amides is 1. The van der Waals surface area contributed by atoms with Crippen molar-refractivity contribution in [3.05, 3.63) is 82.4 Å². The number of nitrogens with zero attached hydrogens (tertiary/aromatic N) is 1. The van der Waals surface area contributed by atoms with Gasteiger partial charge in [-0.3, -0.25) is 4.79 Å². The third kappa shape index (κ3) is 3.61. The van der Waals surface area contributed by atoms with Crippen LogP contribution in [0.1, 0.15) is 72.2 Å². The maximum atomic E-state index is 13.2. The Hall–Kier alpha value is -3.18. The van der Waals surface area contributed by atoms with E-state index >= 15 is 0 Å². The van der Waals surface area contributed by atoms with Gasteiger partial charge in [-0.1, -0.05) is 75.4 Å². The van der Waals surface area contributed by atoms with Gasteiger partial charge < -0.3 is 10.6 Å². The maximum Gasteiger partial charge on any atom is 0.265 e. The van der Waals surface area contributed by atoms with E-state index in [0.717, 1.165) is 38.3 Å². The van der Waals surface area contributed by atoms with Crippen LogP contribution in [0.15, 0.2) is 60.7 Å². The smallest absolute Gasteiger partial charge is 0.265 e. The van der Waals surface area contributed by atoms with Crippen LogP contribution in [0.4, 0.5) is 5.69 Å². The Labute approximate surface area is 198 Å². The predicted octanol–water partition coefficient (Wildman–Crippen LogP) is 6.99. The number of carbonyl (C=O) groups excluding carboxylic acids is 1. The molecule has 0 spiro atoms. The van der Waals surface area contributed by atoms with Crippen LogP contribution in [-0.2, 0) is 5.41 Å². The fourth-order valence-corrected chi connectivity index (χ4v) is 5.64. The van der Waals surface area contributed by atoms with E-state index in [1.165, 1.54) is 29.7 Å². The summed E-state index contributed by atoms with van der Waals surface area (Å²) in [6.45, 7) is 6.63. The summed E-state index contributed by atoms with van der Waals surface area (Å²) < 4.78 is 0. The molecule has 6 rings (SSSR count). The summed E-state index contributed by atoms with van der Waals surface area (Å²) in [5.41, 5.74) is 6.78. The second-order valence-corrected chi connectivity index (χ2v) is 11.1. The first-order valence-electron chi connectivity index (χ1n) is 11.6. The minimum atomic E-state index is -0.274. The lowest BCUT2D eigenvalue weighted by Crippen LogP contribution is -2.37. The van der Waals surface area contributed by atoms with E-state index in [1.54, 1.807) is 0 Å².